The van der Waals surface area contributed by atoms with Gasteiger partial charge in [0.2, 0.25) is 0 Å². The van der Waals surface area contributed by atoms with E-state index in [1.165, 1.54) is 16.8 Å². The van der Waals surface area contributed by atoms with Crippen LogP contribution < -0.4 is 10.9 Å². The average molecular weight is 411 g/mol. The highest BCUT2D eigenvalue weighted by atomic mass is 35.5. The van der Waals surface area contributed by atoms with E-state index in [0.717, 1.165) is 5.69 Å². The van der Waals surface area contributed by atoms with Crippen LogP contribution in [0.25, 0.3) is 5.65 Å². The van der Waals surface area contributed by atoms with Gasteiger partial charge in [-0.15, -0.1) is 0 Å². The summed E-state index contributed by atoms with van der Waals surface area (Å²) in [7, 11) is 0. The van der Waals surface area contributed by atoms with Crippen LogP contribution >= 0.6 is 11.6 Å². The van der Waals surface area contributed by atoms with E-state index in [1.807, 2.05) is 24.6 Å². The van der Waals surface area contributed by atoms with Gasteiger partial charge in [0, 0.05) is 47.3 Å². The molecule has 0 fully saturated rings. The maximum absolute atomic E-state index is 12.7. The van der Waals surface area contributed by atoms with Gasteiger partial charge in [-0.05, 0) is 37.3 Å². The Bertz CT molecular complexity index is 1240. The number of hydrogen-bond donors (Lipinski definition) is 2. The number of amides is 1. The third-order valence-electron chi connectivity index (χ3n) is 4.74. The van der Waals surface area contributed by atoms with Crippen molar-refractivity contribution < 1.29 is 4.79 Å². The van der Waals surface area contributed by atoms with Crippen molar-refractivity contribution in [2.75, 3.05) is 5.32 Å². The molecule has 0 saturated heterocycles. The zero-order valence-electron chi connectivity index (χ0n) is 15.9. The maximum atomic E-state index is 12.7. The standard InChI is InChI=1S/C20H19ClN6O2/c1-12(11-26-13(2)7-8-22-26)17-9-18(28)27-19(25-17)16(10-23-27)20(29)24-15-5-3-14(21)4-6-15/h3-10,12,23H,11H2,1-2H3,(H,24,29). The minimum Gasteiger partial charge on any atom is -0.322 e. The number of nitrogens with zero attached hydrogens (tertiary/aromatic N) is 4. The highest BCUT2D eigenvalue weighted by Crippen LogP contribution is 2.18. The lowest BCUT2D eigenvalue weighted by atomic mass is 10.1. The lowest BCUT2D eigenvalue weighted by Crippen LogP contribution is -2.20. The number of aryl methyl sites for hydroxylation is 1. The summed E-state index contributed by atoms with van der Waals surface area (Å²) in [6.07, 6.45) is 3.21. The Hall–Kier alpha value is -3.39. The van der Waals surface area contributed by atoms with Gasteiger partial charge in [-0.2, -0.15) is 5.10 Å². The Morgan fingerprint density at radius 3 is 2.72 bits per heavy atom. The van der Waals surface area contributed by atoms with Crippen LogP contribution in [0.2, 0.25) is 5.02 Å². The topological polar surface area (TPSA) is 97.1 Å². The number of carbonyl (C=O) groups is 1. The lowest BCUT2D eigenvalue weighted by molar-refractivity contribution is 0.102. The SMILES string of the molecule is Cc1ccnn1CC(C)c1cc(=O)n2[nH]cc(C(=O)Nc3ccc(Cl)cc3)c2n1. The van der Waals surface area contributed by atoms with Crippen LogP contribution in [0, 0.1) is 6.92 Å². The van der Waals surface area contributed by atoms with Crippen molar-refractivity contribution >= 4 is 28.8 Å². The summed E-state index contributed by atoms with van der Waals surface area (Å²) in [6.45, 7) is 4.52. The van der Waals surface area contributed by atoms with Crippen LogP contribution in [0.5, 0.6) is 0 Å². The van der Waals surface area contributed by atoms with Crippen LogP contribution in [0.15, 0.2) is 53.6 Å². The molecule has 29 heavy (non-hydrogen) atoms. The fourth-order valence-corrected chi connectivity index (χ4v) is 3.22. The van der Waals surface area contributed by atoms with Gasteiger partial charge >= 0.3 is 0 Å². The van der Waals surface area contributed by atoms with Crippen molar-refractivity contribution in [3.8, 4) is 0 Å². The van der Waals surface area contributed by atoms with Gasteiger partial charge in [0.15, 0.2) is 5.65 Å². The molecule has 1 amide bonds. The van der Waals surface area contributed by atoms with Crippen LogP contribution in [-0.2, 0) is 6.54 Å². The summed E-state index contributed by atoms with van der Waals surface area (Å²) in [5, 5.41) is 10.4. The summed E-state index contributed by atoms with van der Waals surface area (Å²) in [4.78, 5) is 29.9. The van der Waals surface area contributed by atoms with E-state index in [0.29, 0.717) is 22.9 Å². The predicted molar refractivity (Wildman–Crippen MR) is 111 cm³/mol. The summed E-state index contributed by atoms with van der Waals surface area (Å²) < 4.78 is 3.12. The Kier molecular flexibility index (Phi) is 4.94. The van der Waals surface area contributed by atoms with E-state index < -0.39 is 0 Å². The van der Waals surface area contributed by atoms with Gasteiger partial charge in [-0.25, -0.2) is 9.50 Å². The van der Waals surface area contributed by atoms with Crippen molar-refractivity contribution in [3.63, 3.8) is 0 Å². The molecule has 1 unspecified atom stereocenters. The monoisotopic (exact) mass is 410 g/mol. The van der Waals surface area contributed by atoms with E-state index in [2.05, 4.69) is 20.5 Å². The summed E-state index contributed by atoms with van der Waals surface area (Å²) >= 11 is 5.88. The number of halogens is 1. The van der Waals surface area contributed by atoms with Gasteiger partial charge in [0.25, 0.3) is 11.5 Å². The first-order chi connectivity index (χ1) is 13.9. The van der Waals surface area contributed by atoms with Crippen molar-refractivity contribution in [3.05, 3.63) is 81.1 Å². The molecular formula is C20H19ClN6O2. The van der Waals surface area contributed by atoms with Gasteiger partial charge in [0.1, 0.15) is 5.56 Å². The van der Waals surface area contributed by atoms with Crippen molar-refractivity contribution in [1.29, 1.82) is 0 Å². The molecule has 0 saturated carbocycles. The van der Waals surface area contributed by atoms with Crippen molar-refractivity contribution in [2.24, 2.45) is 0 Å². The largest absolute Gasteiger partial charge is 0.322 e. The van der Waals surface area contributed by atoms with Gasteiger partial charge in [0.05, 0.1) is 5.69 Å². The number of hydrogen-bond acceptors (Lipinski definition) is 4. The second kappa shape index (κ2) is 7.56. The number of aromatic nitrogens is 5. The molecule has 0 bridgehead atoms. The van der Waals surface area contributed by atoms with Crippen LogP contribution in [0.4, 0.5) is 5.69 Å². The van der Waals surface area contributed by atoms with Gasteiger partial charge in [-0.1, -0.05) is 18.5 Å². The molecular weight excluding hydrogens is 392 g/mol. The molecule has 1 aromatic carbocycles. The molecule has 4 rings (SSSR count). The molecule has 0 aliphatic rings. The molecule has 9 heteroatoms. The third-order valence-corrected chi connectivity index (χ3v) is 5.00. The van der Waals surface area contributed by atoms with Crippen LogP contribution in [-0.4, -0.2) is 30.3 Å². The molecule has 2 N–H and O–H groups in total. The van der Waals surface area contributed by atoms with Crippen molar-refractivity contribution in [1.82, 2.24) is 24.4 Å². The highest BCUT2D eigenvalue weighted by molar-refractivity contribution is 6.30. The minimum absolute atomic E-state index is 0.0617. The first-order valence-corrected chi connectivity index (χ1v) is 9.46. The number of fused-ring (bicyclic) bond motifs is 1. The maximum Gasteiger partial charge on any atom is 0.272 e. The first kappa shape index (κ1) is 18.9. The van der Waals surface area contributed by atoms with Crippen molar-refractivity contribution in [2.45, 2.75) is 26.3 Å². The molecule has 3 heterocycles. The van der Waals surface area contributed by atoms with E-state index in [9.17, 15) is 9.59 Å². The summed E-state index contributed by atoms with van der Waals surface area (Å²) in [6, 6.07) is 10.2. The fraction of sp³-hybridized carbons (Fsp3) is 0.200. The van der Waals surface area contributed by atoms with Crippen LogP contribution in [0.1, 0.15) is 34.6 Å². The molecule has 1 atom stereocenters. The third kappa shape index (κ3) is 3.79. The molecule has 3 aromatic heterocycles. The van der Waals surface area contributed by atoms with Crippen LogP contribution in [0.3, 0.4) is 0 Å². The zero-order chi connectivity index (χ0) is 20.5. The van der Waals surface area contributed by atoms with Gasteiger partial charge < -0.3 is 5.32 Å². The number of aromatic amines is 1. The Morgan fingerprint density at radius 2 is 2.03 bits per heavy atom. The first-order valence-electron chi connectivity index (χ1n) is 9.09. The number of carbonyl (C=O) groups excluding carboxylic acids is 1. The zero-order valence-corrected chi connectivity index (χ0v) is 16.6. The Morgan fingerprint density at radius 1 is 1.28 bits per heavy atom. The Labute approximate surface area is 171 Å². The number of anilines is 1. The predicted octanol–water partition coefficient (Wildman–Crippen LogP) is 3.24. The molecule has 0 radical (unpaired) electrons. The van der Waals surface area contributed by atoms with E-state index in [1.54, 1.807) is 30.5 Å². The minimum atomic E-state index is -0.370. The number of rotatable bonds is 5. The number of nitrogens with one attached hydrogen (secondary N) is 2. The summed E-state index contributed by atoms with van der Waals surface area (Å²) in [5.41, 5.74) is 2.51. The normalized spacial score (nSPS) is 12.2. The molecule has 0 aliphatic heterocycles. The average Bonchev–Trinajstić information content (AvgIpc) is 3.30. The number of H-pyrrole nitrogens is 1. The van der Waals surface area contributed by atoms with Gasteiger partial charge in [-0.3, -0.25) is 19.4 Å². The molecule has 0 aliphatic carbocycles. The number of benzene rings is 1. The highest BCUT2D eigenvalue weighted by Gasteiger charge is 2.18. The second-order valence-electron chi connectivity index (χ2n) is 6.88. The molecule has 0 spiro atoms. The fourth-order valence-electron chi connectivity index (χ4n) is 3.09. The van der Waals surface area contributed by atoms with E-state index in [-0.39, 0.29) is 28.6 Å². The molecule has 8 nitrogen and oxygen atoms in total. The second-order valence-corrected chi connectivity index (χ2v) is 7.32. The molecule has 4 aromatic rings. The van der Waals surface area contributed by atoms with E-state index in [4.69, 9.17) is 11.6 Å². The Balaban J connectivity index is 1.65. The molecule has 148 valence electrons. The smallest absolute Gasteiger partial charge is 0.272 e. The van der Waals surface area contributed by atoms with E-state index >= 15 is 0 Å². The quantitative estimate of drug-likeness (QED) is 0.527. The summed E-state index contributed by atoms with van der Waals surface area (Å²) in [5.74, 6) is -0.431. The lowest BCUT2D eigenvalue weighted by Gasteiger charge is -2.12.